The van der Waals surface area contributed by atoms with E-state index >= 15 is 0 Å². The molecule has 0 radical (unpaired) electrons. The Hall–Kier alpha value is -5.71. The van der Waals surface area contributed by atoms with Crippen molar-refractivity contribution >= 4 is 22.1 Å². The molecular formula is C44H53N9O2. The summed E-state index contributed by atoms with van der Waals surface area (Å²) in [5.41, 5.74) is 7.18. The van der Waals surface area contributed by atoms with Gasteiger partial charge in [-0.3, -0.25) is 0 Å². The van der Waals surface area contributed by atoms with Gasteiger partial charge in [0.25, 0.3) is 0 Å². The van der Waals surface area contributed by atoms with Crippen molar-refractivity contribution in [2.75, 3.05) is 0 Å². The van der Waals surface area contributed by atoms with Gasteiger partial charge in [-0.2, -0.15) is 0 Å². The molecule has 3 aromatic heterocycles. The highest BCUT2D eigenvalue weighted by molar-refractivity contribution is 5.75. The molecule has 0 aliphatic heterocycles. The van der Waals surface area contributed by atoms with Gasteiger partial charge in [0.1, 0.15) is 63.9 Å². The number of phenolic OH excluding ortho intramolecular Hbond substituents is 2. The summed E-state index contributed by atoms with van der Waals surface area (Å²) in [6.45, 7) is 22.4. The lowest BCUT2D eigenvalue weighted by atomic mass is 9.71. The summed E-state index contributed by atoms with van der Waals surface area (Å²) < 4.78 is 0. The third-order valence-electron chi connectivity index (χ3n) is 9.63. The van der Waals surface area contributed by atoms with E-state index in [0.717, 1.165) is 46.0 Å². The Labute approximate surface area is 323 Å². The van der Waals surface area contributed by atoms with Gasteiger partial charge in [-0.15, -0.1) is 30.0 Å². The topological polar surface area (TPSA) is 141 Å². The molecule has 0 saturated carbocycles. The summed E-state index contributed by atoms with van der Waals surface area (Å²) in [6.07, 6.45) is 6.43. The Kier molecular flexibility index (Phi) is 10.5. The van der Waals surface area contributed by atoms with Crippen LogP contribution in [-0.2, 0) is 17.3 Å². The smallest absolute Gasteiger partial charge is 0.146 e. The summed E-state index contributed by atoms with van der Waals surface area (Å²) in [5, 5.41) is 42.9. The van der Waals surface area contributed by atoms with E-state index in [1.54, 1.807) is 0 Å². The molecule has 0 aliphatic rings. The normalized spacial score (nSPS) is 12.5. The molecule has 0 saturated heterocycles. The fourth-order valence-electron chi connectivity index (χ4n) is 7.91. The first kappa shape index (κ1) is 39.0. The first-order chi connectivity index (χ1) is 25.8. The highest BCUT2D eigenvalue weighted by Gasteiger charge is 2.32. The number of aromatic nitrogens is 9. The monoisotopic (exact) mass is 739 g/mol. The van der Waals surface area contributed by atoms with Gasteiger partial charge >= 0.3 is 0 Å². The first-order valence-electron chi connectivity index (χ1n) is 18.7. The zero-order chi connectivity index (χ0) is 39.8. The zero-order valence-electron chi connectivity index (χ0n) is 33.7. The van der Waals surface area contributed by atoms with Gasteiger partial charge in [0.05, 0.1) is 0 Å². The molecule has 4 aromatic carbocycles. The molecule has 2 N–H and O–H groups in total. The van der Waals surface area contributed by atoms with E-state index in [4.69, 9.17) is 20.4 Å². The molecular weight excluding hydrogens is 687 g/mol. The van der Waals surface area contributed by atoms with Crippen LogP contribution in [0, 0.1) is 10.8 Å². The standard InChI is InChI=1S/C41H50N6O2.C3H3N3/c1-38(2,3)24-40(7,8)28-20-26(36(48)34(22-28)46-42-30-15-11-12-16-31(30)43-46)19-27-21-29(41(9,10)25-39(4,5)6)23-35(37(27)49)47-44-32-17-13-14-18-33(32)45-47;1-4-2-6-3-5-1/h11-18,20-23,48-49H,19,24-25H2,1-10H3;1-3H. The SMILES string of the molecule is CC(C)(C)CC(C)(C)c1cc(Cc2cc(C(C)(C)CC(C)(C)C)cc(-n3nc4ccccc4n3)c2O)c(O)c(-n2nc3ccccc3n2)c1.c1ncncn1. The Bertz CT molecular complexity index is 2170. The lowest BCUT2D eigenvalue weighted by Crippen LogP contribution is -2.25. The molecule has 0 aliphatic carbocycles. The Morgan fingerprint density at radius 3 is 1.05 bits per heavy atom. The molecule has 286 valence electrons. The average molecular weight is 740 g/mol. The Morgan fingerprint density at radius 1 is 0.473 bits per heavy atom. The van der Waals surface area contributed by atoms with E-state index < -0.39 is 0 Å². The summed E-state index contributed by atoms with van der Waals surface area (Å²) in [5.74, 6) is 0.165. The molecule has 11 nitrogen and oxygen atoms in total. The molecule has 0 amide bonds. The molecule has 7 rings (SSSR count). The van der Waals surface area contributed by atoms with Crippen molar-refractivity contribution in [3.8, 4) is 22.9 Å². The molecule has 0 bridgehead atoms. The number of hydrogen-bond acceptors (Lipinski definition) is 9. The lowest BCUT2D eigenvalue weighted by molar-refractivity contribution is 0.283. The van der Waals surface area contributed by atoms with E-state index in [2.05, 4.69) is 96.3 Å². The summed E-state index contributed by atoms with van der Waals surface area (Å²) in [7, 11) is 0. The number of benzene rings is 4. The fraction of sp³-hybridized carbons (Fsp3) is 0.386. The van der Waals surface area contributed by atoms with Crippen LogP contribution >= 0.6 is 0 Å². The van der Waals surface area contributed by atoms with Crippen LogP contribution < -0.4 is 0 Å². The van der Waals surface area contributed by atoms with Gasteiger partial charge in [0.15, 0.2) is 0 Å². The quantitative estimate of drug-likeness (QED) is 0.156. The number of fused-ring (bicyclic) bond motifs is 2. The molecule has 7 aromatic rings. The maximum absolute atomic E-state index is 12.0. The van der Waals surface area contributed by atoms with Crippen molar-refractivity contribution in [1.82, 2.24) is 44.9 Å². The van der Waals surface area contributed by atoms with Crippen molar-refractivity contribution in [2.45, 2.75) is 99.3 Å². The van der Waals surface area contributed by atoms with Crippen LogP contribution in [0.1, 0.15) is 104 Å². The minimum absolute atomic E-state index is 0.0702. The number of phenols is 2. The number of nitrogens with zero attached hydrogens (tertiary/aromatic N) is 9. The third-order valence-corrected chi connectivity index (χ3v) is 9.63. The predicted molar refractivity (Wildman–Crippen MR) is 218 cm³/mol. The minimum atomic E-state index is -0.231. The highest BCUT2D eigenvalue weighted by Crippen LogP contribution is 2.43. The second-order valence-electron chi connectivity index (χ2n) is 18.2. The van der Waals surface area contributed by atoms with Crippen molar-refractivity contribution < 1.29 is 10.2 Å². The molecule has 3 heterocycles. The Morgan fingerprint density at radius 2 is 0.782 bits per heavy atom. The van der Waals surface area contributed by atoms with Crippen LogP contribution in [0.3, 0.4) is 0 Å². The van der Waals surface area contributed by atoms with Crippen LogP contribution in [0.5, 0.6) is 11.5 Å². The van der Waals surface area contributed by atoms with Crippen LogP contribution in [0.2, 0.25) is 0 Å². The first-order valence-corrected chi connectivity index (χ1v) is 18.7. The van der Waals surface area contributed by atoms with Crippen LogP contribution in [0.25, 0.3) is 33.4 Å². The van der Waals surface area contributed by atoms with Crippen LogP contribution in [-0.4, -0.2) is 55.2 Å². The number of hydrogen-bond donors (Lipinski definition) is 2. The maximum Gasteiger partial charge on any atom is 0.146 e. The largest absolute Gasteiger partial charge is 0.505 e. The van der Waals surface area contributed by atoms with Gasteiger partial charge in [0, 0.05) is 17.5 Å². The second-order valence-corrected chi connectivity index (χ2v) is 18.2. The summed E-state index contributed by atoms with van der Waals surface area (Å²) >= 11 is 0. The molecule has 0 unspecified atom stereocenters. The van der Waals surface area contributed by atoms with Gasteiger partial charge in [0.2, 0.25) is 0 Å². The average Bonchev–Trinajstić information content (AvgIpc) is 3.73. The molecule has 0 atom stereocenters. The molecule has 0 fully saturated rings. The van der Waals surface area contributed by atoms with Gasteiger partial charge in [-0.1, -0.05) is 106 Å². The van der Waals surface area contributed by atoms with E-state index in [0.29, 0.717) is 22.5 Å². The van der Waals surface area contributed by atoms with Crippen LogP contribution in [0.4, 0.5) is 0 Å². The highest BCUT2D eigenvalue weighted by atomic mass is 16.3. The molecule has 11 heteroatoms. The van der Waals surface area contributed by atoms with E-state index in [9.17, 15) is 10.2 Å². The minimum Gasteiger partial charge on any atom is -0.505 e. The zero-order valence-corrected chi connectivity index (χ0v) is 33.7. The fourth-order valence-corrected chi connectivity index (χ4v) is 7.91. The van der Waals surface area contributed by atoms with E-state index in [1.165, 1.54) is 28.6 Å². The van der Waals surface area contributed by atoms with E-state index in [1.807, 2.05) is 60.7 Å². The van der Waals surface area contributed by atoms with Gasteiger partial charge in [-0.05, 0) is 82.0 Å². The van der Waals surface area contributed by atoms with Gasteiger partial charge < -0.3 is 10.2 Å². The van der Waals surface area contributed by atoms with Crippen molar-refractivity contribution in [3.63, 3.8) is 0 Å². The predicted octanol–water partition coefficient (Wildman–Crippen LogP) is 9.46. The maximum atomic E-state index is 12.0. The lowest BCUT2D eigenvalue weighted by Gasteiger charge is -2.34. The number of aromatic hydroxyl groups is 2. The Balaban J connectivity index is 0.000000782. The van der Waals surface area contributed by atoms with Crippen LogP contribution in [0.15, 0.2) is 91.8 Å². The second kappa shape index (κ2) is 14.8. The number of rotatable bonds is 8. The molecule has 0 spiro atoms. The molecule has 55 heavy (non-hydrogen) atoms. The van der Waals surface area contributed by atoms with Crippen molar-refractivity contribution in [1.29, 1.82) is 0 Å². The van der Waals surface area contributed by atoms with E-state index in [-0.39, 0.29) is 39.6 Å². The van der Waals surface area contributed by atoms with Crippen molar-refractivity contribution in [2.24, 2.45) is 10.8 Å². The summed E-state index contributed by atoms with van der Waals surface area (Å²) in [6, 6.07) is 23.6. The summed E-state index contributed by atoms with van der Waals surface area (Å²) in [4.78, 5) is 13.8. The van der Waals surface area contributed by atoms with Gasteiger partial charge in [-0.25, -0.2) is 15.0 Å². The van der Waals surface area contributed by atoms with Crippen molar-refractivity contribution in [3.05, 3.63) is 114 Å². The third kappa shape index (κ3) is 9.16.